The fourth-order valence-corrected chi connectivity index (χ4v) is 2.25. The van der Waals surface area contributed by atoms with Crippen molar-refractivity contribution in [2.75, 3.05) is 14.2 Å². The van der Waals surface area contributed by atoms with Crippen molar-refractivity contribution >= 4 is 21.9 Å². The van der Waals surface area contributed by atoms with Crippen LogP contribution in [0.3, 0.4) is 0 Å². The van der Waals surface area contributed by atoms with Gasteiger partial charge in [-0.3, -0.25) is 4.79 Å². The molecule has 106 valence electrons. The van der Waals surface area contributed by atoms with Crippen LogP contribution in [0, 0.1) is 0 Å². The smallest absolute Gasteiger partial charge is 0.303 e. The van der Waals surface area contributed by atoms with E-state index in [9.17, 15) is 13.6 Å². The second-order valence-electron chi connectivity index (χ2n) is 3.76. The van der Waals surface area contributed by atoms with Crippen LogP contribution in [0.2, 0.25) is 0 Å². The van der Waals surface area contributed by atoms with Gasteiger partial charge in [-0.1, -0.05) is 0 Å². The first kappa shape index (κ1) is 15.7. The molecule has 19 heavy (non-hydrogen) atoms. The maximum Gasteiger partial charge on any atom is 0.303 e. The second kappa shape index (κ2) is 6.18. The third kappa shape index (κ3) is 3.56. The Hall–Kier alpha value is -1.37. The van der Waals surface area contributed by atoms with E-state index in [4.69, 9.17) is 14.6 Å². The molecule has 1 N–H and O–H groups in total. The number of halogens is 3. The minimum atomic E-state index is -3.29. The molecule has 0 bridgehead atoms. The number of aliphatic carboxylic acids is 1. The van der Waals surface area contributed by atoms with E-state index in [0.717, 1.165) is 0 Å². The number of carbonyl (C=O) groups is 1. The number of benzene rings is 1. The highest BCUT2D eigenvalue weighted by atomic mass is 79.9. The molecule has 0 radical (unpaired) electrons. The summed E-state index contributed by atoms with van der Waals surface area (Å²) >= 11 is 3.13. The molecule has 0 atom stereocenters. The first-order valence-corrected chi connectivity index (χ1v) is 6.13. The zero-order valence-electron chi connectivity index (χ0n) is 10.4. The van der Waals surface area contributed by atoms with Crippen LogP contribution in [-0.4, -0.2) is 25.3 Å². The molecule has 0 unspecified atom stereocenters. The van der Waals surface area contributed by atoms with Crippen LogP contribution in [0.4, 0.5) is 8.78 Å². The van der Waals surface area contributed by atoms with Gasteiger partial charge in [0.25, 0.3) is 5.92 Å². The molecule has 0 amide bonds. The number of carboxylic acids is 1. The van der Waals surface area contributed by atoms with Gasteiger partial charge in [0.2, 0.25) is 0 Å². The Kier molecular flexibility index (Phi) is 5.11. The molecule has 0 aliphatic heterocycles. The quantitative estimate of drug-likeness (QED) is 0.863. The maximum atomic E-state index is 14.0. The van der Waals surface area contributed by atoms with Gasteiger partial charge in [-0.15, -0.1) is 0 Å². The summed E-state index contributed by atoms with van der Waals surface area (Å²) in [6, 6.07) is 2.54. The predicted molar refractivity (Wildman–Crippen MR) is 68.0 cm³/mol. The van der Waals surface area contributed by atoms with Crippen LogP contribution in [0.25, 0.3) is 0 Å². The zero-order valence-corrected chi connectivity index (χ0v) is 12.0. The zero-order chi connectivity index (χ0) is 14.6. The molecule has 0 spiro atoms. The van der Waals surface area contributed by atoms with E-state index in [1.807, 2.05) is 0 Å². The van der Waals surface area contributed by atoms with E-state index in [2.05, 4.69) is 15.9 Å². The van der Waals surface area contributed by atoms with Crippen LogP contribution in [-0.2, 0) is 10.7 Å². The van der Waals surface area contributed by atoms with Gasteiger partial charge in [-0.2, -0.15) is 0 Å². The van der Waals surface area contributed by atoms with Crippen molar-refractivity contribution < 1.29 is 28.2 Å². The van der Waals surface area contributed by atoms with Gasteiger partial charge >= 0.3 is 5.97 Å². The normalized spacial score (nSPS) is 11.2. The molecule has 0 aromatic heterocycles. The van der Waals surface area contributed by atoms with Crippen LogP contribution in [0.5, 0.6) is 11.5 Å². The summed E-state index contributed by atoms with van der Waals surface area (Å²) in [5, 5.41) is 8.49. The highest BCUT2D eigenvalue weighted by Gasteiger charge is 2.36. The first-order chi connectivity index (χ1) is 8.83. The fourth-order valence-electron chi connectivity index (χ4n) is 1.58. The molecular weight excluding hydrogens is 326 g/mol. The van der Waals surface area contributed by atoms with Crippen molar-refractivity contribution in [1.29, 1.82) is 0 Å². The van der Waals surface area contributed by atoms with Crippen molar-refractivity contribution in [2.24, 2.45) is 0 Å². The van der Waals surface area contributed by atoms with Crippen molar-refractivity contribution in [3.8, 4) is 11.5 Å². The number of ether oxygens (including phenoxy) is 2. The van der Waals surface area contributed by atoms with Crippen LogP contribution in [0.1, 0.15) is 18.4 Å². The molecule has 0 aliphatic rings. The van der Waals surface area contributed by atoms with Crippen LogP contribution in [0.15, 0.2) is 16.6 Å². The number of rotatable bonds is 6. The molecule has 4 nitrogen and oxygen atoms in total. The molecule has 7 heteroatoms. The molecule has 1 aromatic carbocycles. The molecule has 1 rings (SSSR count). The highest BCUT2D eigenvalue weighted by Crippen LogP contribution is 2.45. The van der Waals surface area contributed by atoms with Crippen LogP contribution >= 0.6 is 15.9 Å². The fraction of sp³-hybridized carbons (Fsp3) is 0.417. The Morgan fingerprint density at radius 1 is 1.37 bits per heavy atom. The van der Waals surface area contributed by atoms with Gasteiger partial charge in [0, 0.05) is 6.42 Å². The number of carboxylic acid groups (broad SMARTS) is 1. The SMILES string of the molecule is COc1ccc(C(F)(F)CCC(=O)O)c(OC)c1Br. The Balaban J connectivity index is 3.18. The molecule has 0 saturated carbocycles. The lowest BCUT2D eigenvalue weighted by Gasteiger charge is -2.20. The summed E-state index contributed by atoms with van der Waals surface area (Å²) < 4.78 is 38.2. The Labute approximate surface area is 117 Å². The molecule has 1 aromatic rings. The van der Waals surface area contributed by atoms with Gasteiger partial charge < -0.3 is 14.6 Å². The van der Waals surface area contributed by atoms with E-state index in [1.165, 1.54) is 26.4 Å². The first-order valence-electron chi connectivity index (χ1n) is 5.34. The van der Waals surface area contributed by atoms with Gasteiger partial charge in [0.05, 0.1) is 26.2 Å². The minimum absolute atomic E-state index is 0.0604. The average molecular weight is 339 g/mol. The third-order valence-electron chi connectivity index (χ3n) is 2.53. The highest BCUT2D eigenvalue weighted by molar-refractivity contribution is 9.10. The number of hydrogen-bond acceptors (Lipinski definition) is 3. The lowest BCUT2D eigenvalue weighted by Crippen LogP contribution is -2.17. The van der Waals surface area contributed by atoms with E-state index >= 15 is 0 Å². The Morgan fingerprint density at radius 3 is 2.47 bits per heavy atom. The van der Waals surface area contributed by atoms with E-state index in [0.29, 0.717) is 5.75 Å². The van der Waals surface area contributed by atoms with Gasteiger partial charge in [-0.05, 0) is 28.1 Å². The summed E-state index contributed by atoms with van der Waals surface area (Å²) in [7, 11) is 2.66. The van der Waals surface area contributed by atoms with Gasteiger partial charge in [0.1, 0.15) is 16.0 Å². The lowest BCUT2D eigenvalue weighted by atomic mass is 10.0. The van der Waals surface area contributed by atoms with Gasteiger partial charge in [0.15, 0.2) is 0 Å². The number of alkyl halides is 2. The van der Waals surface area contributed by atoms with E-state index in [1.54, 1.807) is 0 Å². The number of hydrogen-bond donors (Lipinski definition) is 1. The van der Waals surface area contributed by atoms with E-state index < -0.39 is 24.7 Å². The van der Waals surface area contributed by atoms with Crippen LogP contribution < -0.4 is 9.47 Å². The summed E-state index contributed by atoms with van der Waals surface area (Å²) in [6.07, 6.45) is -1.42. The van der Waals surface area contributed by atoms with E-state index in [-0.39, 0.29) is 15.8 Å². The maximum absolute atomic E-state index is 14.0. The van der Waals surface area contributed by atoms with Crippen molar-refractivity contribution in [3.63, 3.8) is 0 Å². The summed E-state index contributed by atoms with van der Waals surface area (Å²) in [5.74, 6) is -4.27. The Bertz CT molecular complexity index is 477. The minimum Gasteiger partial charge on any atom is -0.495 e. The average Bonchev–Trinajstić information content (AvgIpc) is 2.36. The monoisotopic (exact) mass is 338 g/mol. The lowest BCUT2D eigenvalue weighted by molar-refractivity contribution is -0.139. The topological polar surface area (TPSA) is 55.8 Å². The number of methoxy groups -OCH3 is 2. The molecule has 0 fully saturated rings. The standard InChI is InChI=1S/C12H13BrF2O4/c1-18-8-4-3-7(11(19-2)10(8)13)12(14,15)6-5-9(16)17/h3-4H,5-6H2,1-2H3,(H,16,17). The third-order valence-corrected chi connectivity index (χ3v) is 3.28. The second-order valence-corrected chi connectivity index (χ2v) is 4.55. The molecular formula is C12H13BrF2O4. The summed E-state index contributed by atoms with van der Waals surface area (Å²) in [5.41, 5.74) is -0.371. The molecule has 0 heterocycles. The van der Waals surface area contributed by atoms with Gasteiger partial charge in [-0.25, -0.2) is 8.78 Å². The molecule has 0 saturated heterocycles. The molecule has 0 aliphatic carbocycles. The Morgan fingerprint density at radius 2 is 2.00 bits per heavy atom. The predicted octanol–water partition coefficient (Wildman–Crippen LogP) is 3.42. The summed E-state index contributed by atoms with van der Waals surface area (Å²) in [6.45, 7) is 0. The van der Waals surface area contributed by atoms with Crippen molar-refractivity contribution in [1.82, 2.24) is 0 Å². The summed E-state index contributed by atoms with van der Waals surface area (Å²) in [4.78, 5) is 10.4. The van der Waals surface area contributed by atoms with Crippen molar-refractivity contribution in [3.05, 3.63) is 22.2 Å². The van der Waals surface area contributed by atoms with Crippen molar-refractivity contribution in [2.45, 2.75) is 18.8 Å². The largest absolute Gasteiger partial charge is 0.495 e.